The Balaban J connectivity index is 2.83. The Hall–Kier alpha value is -3.13. The van der Waals surface area contributed by atoms with Gasteiger partial charge < -0.3 is 20.8 Å². The van der Waals surface area contributed by atoms with E-state index >= 15 is 0 Å². The predicted molar refractivity (Wildman–Crippen MR) is 82.3 cm³/mol. The van der Waals surface area contributed by atoms with Gasteiger partial charge in [-0.1, -0.05) is 11.6 Å². The minimum absolute atomic E-state index is 0.145. The van der Waals surface area contributed by atoms with Crippen molar-refractivity contribution < 1.29 is 29.4 Å². The molecule has 0 unspecified atom stereocenters. The van der Waals surface area contributed by atoms with Crippen molar-refractivity contribution in [2.75, 3.05) is 10.6 Å². The van der Waals surface area contributed by atoms with Gasteiger partial charge in [0.25, 0.3) is 0 Å². The van der Waals surface area contributed by atoms with E-state index in [-0.39, 0.29) is 16.4 Å². The Morgan fingerprint density at radius 2 is 1.39 bits per heavy atom. The molecule has 0 saturated carbocycles. The summed E-state index contributed by atoms with van der Waals surface area (Å²) in [5.41, 5.74) is 0.402. The largest absolute Gasteiger partial charge is 0.478 e. The number of nitrogens with one attached hydrogen (secondary N) is 2. The van der Waals surface area contributed by atoms with Crippen molar-refractivity contribution in [3.8, 4) is 0 Å². The Morgan fingerprint density at radius 1 is 0.870 bits per heavy atom. The number of rotatable bonds is 6. The van der Waals surface area contributed by atoms with Gasteiger partial charge in [0.2, 0.25) is 11.8 Å². The molecule has 0 fully saturated rings. The van der Waals surface area contributed by atoms with Crippen molar-refractivity contribution >= 4 is 46.7 Å². The Bertz CT molecular complexity index is 711. The number of carboxylic acids is 2. The molecule has 0 bridgehead atoms. The lowest BCUT2D eigenvalue weighted by Crippen LogP contribution is -2.11. The van der Waals surface area contributed by atoms with E-state index < -0.39 is 23.8 Å². The van der Waals surface area contributed by atoms with Gasteiger partial charge in [-0.2, -0.15) is 0 Å². The van der Waals surface area contributed by atoms with Gasteiger partial charge in [-0.05, 0) is 18.2 Å². The van der Waals surface area contributed by atoms with Crippen molar-refractivity contribution in [3.05, 3.63) is 47.5 Å². The van der Waals surface area contributed by atoms with Crippen LogP contribution in [0.15, 0.2) is 42.5 Å². The fraction of sp³-hybridized carbons (Fsp3) is 0. The topological polar surface area (TPSA) is 133 Å². The first kappa shape index (κ1) is 17.9. The van der Waals surface area contributed by atoms with E-state index in [9.17, 15) is 19.2 Å². The van der Waals surface area contributed by atoms with Crippen molar-refractivity contribution in [2.24, 2.45) is 0 Å². The summed E-state index contributed by atoms with van der Waals surface area (Å²) in [6.45, 7) is 0. The molecule has 120 valence electrons. The average Bonchev–Trinajstić information content (AvgIpc) is 2.46. The zero-order valence-corrected chi connectivity index (χ0v) is 12.2. The van der Waals surface area contributed by atoms with Crippen LogP contribution in [0.2, 0.25) is 5.02 Å². The first-order valence-electron chi connectivity index (χ1n) is 6.01. The molecule has 1 aromatic rings. The van der Waals surface area contributed by atoms with E-state index in [2.05, 4.69) is 10.6 Å². The monoisotopic (exact) mass is 338 g/mol. The number of hydrogen-bond acceptors (Lipinski definition) is 4. The quantitative estimate of drug-likeness (QED) is 0.581. The summed E-state index contributed by atoms with van der Waals surface area (Å²) in [5.74, 6) is -3.95. The van der Waals surface area contributed by atoms with E-state index in [0.29, 0.717) is 12.2 Å². The third kappa shape index (κ3) is 6.91. The molecule has 4 N–H and O–H groups in total. The standard InChI is InChI=1S/C14H11ClN2O6/c15-9-2-1-8(16-11(18)3-5-13(20)21)7-10(9)17-12(19)4-6-14(22)23/h1-7H,(H,16,18)(H,17,19)(H,20,21)(H,22,23)/b5-3-,6-4-. The number of benzene rings is 1. The van der Waals surface area contributed by atoms with Crippen LogP contribution in [0.5, 0.6) is 0 Å². The molecule has 0 aliphatic heterocycles. The number of carboxylic acid groups (broad SMARTS) is 2. The maximum absolute atomic E-state index is 11.5. The summed E-state index contributed by atoms with van der Waals surface area (Å²) in [6, 6.07) is 4.17. The Labute approximate surface area is 135 Å². The second-order valence-corrected chi connectivity index (χ2v) is 4.42. The number of hydrogen-bond donors (Lipinski definition) is 4. The molecule has 0 atom stereocenters. The third-order valence-electron chi connectivity index (χ3n) is 2.25. The van der Waals surface area contributed by atoms with Crippen LogP contribution in [0, 0.1) is 0 Å². The highest BCUT2D eigenvalue weighted by atomic mass is 35.5. The smallest absolute Gasteiger partial charge is 0.328 e. The molecular weight excluding hydrogens is 328 g/mol. The van der Waals surface area contributed by atoms with Crippen LogP contribution >= 0.6 is 11.6 Å². The average molecular weight is 339 g/mol. The van der Waals surface area contributed by atoms with Crippen LogP contribution in [0.25, 0.3) is 0 Å². The number of anilines is 2. The zero-order valence-electron chi connectivity index (χ0n) is 11.4. The van der Waals surface area contributed by atoms with E-state index in [1.165, 1.54) is 18.2 Å². The molecule has 0 aromatic heterocycles. The first-order valence-corrected chi connectivity index (χ1v) is 6.39. The van der Waals surface area contributed by atoms with Gasteiger partial charge in [0.05, 0.1) is 10.7 Å². The second kappa shape index (κ2) is 8.35. The summed E-state index contributed by atoms with van der Waals surface area (Å²) in [4.78, 5) is 43.6. The summed E-state index contributed by atoms with van der Waals surface area (Å²) < 4.78 is 0. The minimum Gasteiger partial charge on any atom is -0.478 e. The minimum atomic E-state index is -1.28. The lowest BCUT2D eigenvalue weighted by molar-refractivity contribution is -0.132. The maximum Gasteiger partial charge on any atom is 0.328 e. The molecule has 0 aliphatic carbocycles. The van der Waals surface area contributed by atoms with Gasteiger partial charge in [0.15, 0.2) is 0 Å². The Kier molecular flexibility index (Phi) is 6.50. The molecule has 0 saturated heterocycles. The molecule has 0 spiro atoms. The van der Waals surface area contributed by atoms with E-state index in [0.717, 1.165) is 12.2 Å². The molecular formula is C14H11ClN2O6. The fourth-order valence-corrected chi connectivity index (χ4v) is 1.52. The molecule has 2 amide bonds. The number of aliphatic carboxylic acids is 2. The van der Waals surface area contributed by atoms with Crippen LogP contribution in [0.3, 0.4) is 0 Å². The van der Waals surface area contributed by atoms with Crippen LogP contribution in [0.4, 0.5) is 11.4 Å². The second-order valence-electron chi connectivity index (χ2n) is 4.02. The highest BCUT2D eigenvalue weighted by Crippen LogP contribution is 2.25. The van der Waals surface area contributed by atoms with Crippen molar-refractivity contribution in [1.82, 2.24) is 0 Å². The highest BCUT2D eigenvalue weighted by molar-refractivity contribution is 6.34. The molecule has 9 heteroatoms. The number of amides is 2. The first-order chi connectivity index (χ1) is 10.8. The van der Waals surface area contributed by atoms with Crippen molar-refractivity contribution in [1.29, 1.82) is 0 Å². The summed E-state index contributed by atoms with van der Waals surface area (Å²) >= 11 is 5.88. The number of carbonyl (C=O) groups is 4. The molecule has 0 heterocycles. The van der Waals surface area contributed by atoms with Crippen LogP contribution in [-0.4, -0.2) is 34.0 Å². The summed E-state index contributed by atoms with van der Waals surface area (Å²) in [5, 5.41) is 21.7. The number of carbonyl (C=O) groups excluding carboxylic acids is 2. The van der Waals surface area contributed by atoms with Gasteiger partial charge in [0, 0.05) is 30.0 Å². The third-order valence-corrected chi connectivity index (χ3v) is 2.58. The molecule has 23 heavy (non-hydrogen) atoms. The van der Waals surface area contributed by atoms with Crippen molar-refractivity contribution in [3.63, 3.8) is 0 Å². The lowest BCUT2D eigenvalue weighted by Gasteiger charge is -2.08. The van der Waals surface area contributed by atoms with E-state index in [1.54, 1.807) is 0 Å². The molecule has 0 aliphatic rings. The molecule has 1 rings (SSSR count). The summed E-state index contributed by atoms with van der Waals surface area (Å²) in [6.07, 6.45) is 2.96. The highest BCUT2D eigenvalue weighted by Gasteiger charge is 2.07. The lowest BCUT2D eigenvalue weighted by atomic mass is 10.2. The number of halogens is 1. The van der Waals surface area contributed by atoms with Gasteiger partial charge in [0.1, 0.15) is 0 Å². The van der Waals surface area contributed by atoms with Gasteiger partial charge in [-0.3, -0.25) is 9.59 Å². The molecule has 1 aromatic carbocycles. The normalized spacial score (nSPS) is 10.7. The van der Waals surface area contributed by atoms with Crippen LogP contribution in [-0.2, 0) is 19.2 Å². The summed E-state index contributed by atoms with van der Waals surface area (Å²) in [7, 11) is 0. The SMILES string of the molecule is O=C(O)/C=C\C(=O)Nc1ccc(Cl)c(NC(=O)/C=C\C(=O)O)c1. The van der Waals surface area contributed by atoms with E-state index in [1.807, 2.05) is 0 Å². The Morgan fingerprint density at radius 3 is 1.91 bits per heavy atom. The van der Waals surface area contributed by atoms with Gasteiger partial charge in [-0.15, -0.1) is 0 Å². The predicted octanol–water partition coefficient (Wildman–Crippen LogP) is 1.50. The fourth-order valence-electron chi connectivity index (χ4n) is 1.35. The van der Waals surface area contributed by atoms with Gasteiger partial charge in [-0.25, -0.2) is 9.59 Å². The van der Waals surface area contributed by atoms with Crippen LogP contribution in [0.1, 0.15) is 0 Å². The maximum atomic E-state index is 11.5. The molecule has 8 nitrogen and oxygen atoms in total. The zero-order chi connectivity index (χ0) is 17.4. The van der Waals surface area contributed by atoms with Crippen molar-refractivity contribution in [2.45, 2.75) is 0 Å². The van der Waals surface area contributed by atoms with Crippen LogP contribution < -0.4 is 10.6 Å². The van der Waals surface area contributed by atoms with E-state index in [4.69, 9.17) is 21.8 Å². The van der Waals surface area contributed by atoms with Gasteiger partial charge >= 0.3 is 11.9 Å². The molecule has 0 radical (unpaired) electrons.